The van der Waals surface area contributed by atoms with Gasteiger partial charge in [0, 0.05) is 6.04 Å². The Hall–Kier alpha value is -1.30. The average molecular weight is 265 g/mol. The van der Waals surface area contributed by atoms with Crippen molar-refractivity contribution in [2.45, 2.75) is 31.7 Å². The zero-order chi connectivity index (χ0) is 13.8. The number of aromatic hydroxyl groups is 1. The molecule has 1 rings (SSSR count). The smallest absolute Gasteiger partial charge is 0.319 e. The molecule has 0 aliphatic rings. The van der Waals surface area contributed by atoms with Crippen LogP contribution < -0.4 is 5.32 Å². The maximum absolute atomic E-state index is 12.8. The van der Waals surface area contributed by atoms with Gasteiger partial charge in [-0.05, 0) is 24.1 Å². The first kappa shape index (κ1) is 14.8. The van der Waals surface area contributed by atoms with Gasteiger partial charge in [-0.1, -0.05) is 19.1 Å². The Morgan fingerprint density at radius 3 is 2.22 bits per heavy atom. The van der Waals surface area contributed by atoms with Crippen LogP contribution in [0.25, 0.3) is 0 Å². The van der Waals surface area contributed by atoms with Gasteiger partial charge in [0.15, 0.2) is 0 Å². The van der Waals surface area contributed by atoms with E-state index in [-0.39, 0.29) is 5.75 Å². The van der Waals surface area contributed by atoms with Crippen molar-refractivity contribution in [2.75, 3.05) is 6.54 Å². The normalized spacial score (nSPS) is 13.9. The number of phenols is 1. The van der Waals surface area contributed by atoms with Crippen LogP contribution in [0, 0.1) is 0 Å². The summed E-state index contributed by atoms with van der Waals surface area (Å²) in [5, 5.41) is 11.5. The molecule has 0 saturated carbocycles. The summed E-state index contributed by atoms with van der Waals surface area (Å²) < 4.78 is 49.5. The molecule has 1 aromatic rings. The van der Waals surface area contributed by atoms with E-state index in [0.717, 1.165) is 0 Å². The molecule has 0 bridgehead atoms. The van der Waals surface area contributed by atoms with Crippen LogP contribution in [0.5, 0.6) is 5.75 Å². The van der Waals surface area contributed by atoms with E-state index in [1.54, 1.807) is 19.1 Å². The highest BCUT2D eigenvalue weighted by atomic mass is 19.3. The van der Waals surface area contributed by atoms with Crippen molar-refractivity contribution in [1.82, 2.24) is 5.32 Å². The van der Waals surface area contributed by atoms with Gasteiger partial charge in [-0.15, -0.1) is 0 Å². The van der Waals surface area contributed by atoms with Crippen LogP contribution >= 0.6 is 0 Å². The van der Waals surface area contributed by atoms with Gasteiger partial charge in [0.25, 0.3) is 0 Å². The molecule has 0 aromatic heterocycles. The molecule has 2 N–H and O–H groups in total. The van der Waals surface area contributed by atoms with E-state index in [0.29, 0.717) is 12.0 Å². The van der Waals surface area contributed by atoms with Crippen molar-refractivity contribution < 1.29 is 22.7 Å². The number of rotatable bonds is 6. The van der Waals surface area contributed by atoms with Gasteiger partial charge in [0.1, 0.15) is 5.75 Å². The quantitative estimate of drug-likeness (QED) is 0.773. The SMILES string of the molecule is CCC(NCC(F)(F)C(F)F)c1ccc(O)cc1. The summed E-state index contributed by atoms with van der Waals surface area (Å²) in [6.45, 7) is 0.676. The van der Waals surface area contributed by atoms with Crippen LogP contribution in [0.3, 0.4) is 0 Å². The summed E-state index contributed by atoms with van der Waals surface area (Å²) in [4.78, 5) is 0. The minimum atomic E-state index is -4.04. The Morgan fingerprint density at radius 2 is 1.78 bits per heavy atom. The average Bonchev–Trinajstić information content (AvgIpc) is 2.31. The van der Waals surface area contributed by atoms with E-state index in [1.165, 1.54) is 12.1 Å². The lowest BCUT2D eigenvalue weighted by atomic mass is 10.0. The maximum Gasteiger partial charge on any atom is 0.319 e. The standard InChI is InChI=1S/C12H15F4NO/c1-2-10(8-3-5-9(18)6-4-8)17-7-12(15,16)11(13)14/h3-6,10-11,17-18H,2,7H2,1H3. The van der Waals surface area contributed by atoms with Crippen molar-refractivity contribution >= 4 is 0 Å². The van der Waals surface area contributed by atoms with E-state index in [1.807, 2.05) is 0 Å². The minimum absolute atomic E-state index is 0.0616. The van der Waals surface area contributed by atoms with E-state index in [9.17, 15) is 17.6 Å². The monoisotopic (exact) mass is 265 g/mol. The highest BCUT2D eigenvalue weighted by Crippen LogP contribution is 2.24. The molecule has 18 heavy (non-hydrogen) atoms. The van der Waals surface area contributed by atoms with Gasteiger partial charge >= 0.3 is 12.3 Å². The summed E-state index contributed by atoms with van der Waals surface area (Å²) in [5.74, 6) is -3.98. The van der Waals surface area contributed by atoms with Crippen LogP contribution in [0.4, 0.5) is 17.6 Å². The molecular formula is C12H15F4NO. The number of phenolic OH excluding ortho intramolecular Hbond substituents is 1. The van der Waals surface area contributed by atoms with E-state index >= 15 is 0 Å². The predicted octanol–water partition coefficient (Wildman–Crippen LogP) is 3.33. The van der Waals surface area contributed by atoms with Crippen LogP contribution in [0.15, 0.2) is 24.3 Å². The highest BCUT2D eigenvalue weighted by Gasteiger charge is 2.40. The third-order valence-electron chi connectivity index (χ3n) is 2.61. The van der Waals surface area contributed by atoms with Gasteiger partial charge in [0.05, 0.1) is 6.54 Å². The maximum atomic E-state index is 12.8. The molecule has 0 radical (unpaired) electrons. The minimum Gasteiger partial charge on any atom is -0.508 e. The number of halogens is 4. The first-order valence-electron chi connectivity index (χ1n) is 5.55. The zero-order valence-electron chi connectivity index (χ0n) is 9.84. The number of alkyl halides is 4. The molecule has 0 saturated heterocycles. The molecule has 2 nitrogen and oxygen atoms in total. The molecule has 0 aliphatic heterocycles. The summed E-state index contributed by atoms with van der Waals surface area (Å²) in [6.07, 6.45) is -3.20. The topological polar surface area (TPSA) is 32.3 Å². The third-order valence-corrected chi connectivity index (χ3v) is 2.61. The summed E-state index contributed by atoms with van der Waals surface area (Å²) in [7, 11) is 0. The lowest BCUT2D eigenvalue weighted by molar-refractivity contribution is -0.126. The molecule has 102 valence electrons. The van der Waals surface area contributed by atoms with Gasteiger partial charge in [-0.25, -0.2) is 8.78 Å². The van der Waals surface area contributed by atoms with E-state index < -0.39 is 24.9 Å². The molecule has 6 heteroatoms. The van der Waals surface area contributed by atoms with Gasteiger partial charge in [-0.3, -0.25) is 0 Å². The van der Waals surface area contributed by atoms with Crippen LogP contribution in [-0.2, 0) is 0 Å². The number of benzene rings is 1. The Morgan fingerprint density at radius 1 is 1.22 bits per heavy atom. The first-order valence-corrected chi connectivity index (χ1v) is 5.55. The molecule has 1 unspecified atom stereocenters. The van der Waals surface area contributed by atoms with E-state index in [2.05, 4.69) is 5.32 Å². The largest absolute Gasteiger partial charge is 0.508 e. The summed E-state index contributed by atoms with van der Waals surface area (Å²) in [5.41, 5.74) is 0.667. The Balaban J connectivity index is 2.66. The molecule has 1 aromatic carbocycles. The van der Waals surface area contributed by atoms with Gasteiger partial charge in [-0.2, -0.15) is 8.78 Å². The molecule has 0 heterocycles. The molecule has 0 amide bonds. The molecule has 0 fully saturated rings. The Bertz CT molecular complexity index is 367. The van der Waals surface area contributed by atoms with Gasteiger partial charge < -0.3 is 10.4 Å². The Labute approximate surface area is 103 Å². The van der Waals surface area contributed by atoms with Crippen LogP contribution in [0.2, 0.25) is 0 Å². The predicted molar refractivity (Wildman–Crippen MR) is 60.1 cm³/mol. The van der Waals surface area contributed by atoms with Crippen molar-refractivity contribution in [3.8, 4) is 5.75 Å². The van der Waals surface area contributed by atoms with Crippen molar-refractivity contribution in [3.05, 3.63) is 29.8 Å². The zero-order valence-corrected chi connectivity index (χ0v) is 9.84. The fraction of sp³-hybridized carbons (Fsp3) is 0.500. The van der Waals surface area contributed by atoms with E-state index in [4.69, 9.17) is 5.11 Å². The molecular weight excluding hydrogens is 250 g/mol. The highest BCUT2D eigenvalue weighted by molar-refractivity contribution is 5.27. The summed E-state index contributed by atoms with van der Waals surface area (Å²) >= 11 is 0. The second kappa shape index (κ2) is 6.04. The number of hydrogen-bond donors (Lipinski definition) is 2. The molecule has 0 aliphatic carbocycles. The van der Waals surface area contributed by atoms with Crippen molar-refractivity contribution in [1.29, 1.82) is 0 Å². The van der Waals surface area contributed by atoms with Crippen molar-refractivity contribution in [3.63, 3.8) is 0 Å². The summed E-state index contributed by atoms with van der Waals surface area (Å²) in [6, 6.07) is 5.53. The van der Waals surface area contributed by atoms with Gasteiger partial charge in [0.2, 0.25) is 0 Å². The first-order chi connectivity index (χ1) is 8.36. The number of nitrogens with one attached hydrogen (secondary N) is 1. The second-order valence-corrected chi connectivity index (χ2v) is 3.99. The lowest BCUT2D eigenvalue weighted by Crippen LogP contribution is -2.40. The molecule has 1 atom stereocenters. The van der Waals surface area contributed by atoms with Crippen LogP contribution in [-0.4, -0.2) is 24.0 Å². The number of hydrogen-bond acceptors (Lipinski definition) is 2. The second-order valence-electron chi connectivity index (χ2n) is 3.99. The third kappa shape index (κ3) is 3.87. The molecule has 0 spiro atoms. The Kier molecular flexibility index (Phi) is 4.95. The fourth-order valence-electron chi connectivity index (χ4n) is 1.54. The fourth-order valence-corrected chi connectivity index (χ4v) is 1.54. The lowest BCUT2D eigenvalue weighted by Gasteiger charge is -2.22. The van der Waals surface area contributed by atoms with Crippen LogP contribution in [0.1, 0.15) is 24.9 Å². The van der Waals surface area contributed by atoms with Crippen molar-refractivity contribution in [2.24, 2.45) is 0 Å².